The Labute approximate surface area is 98.7 Å². The molecule has 1 aromatic rings. The second kappa shape index (κ2) is 5.29. The van der Waals surface area contributed by atoms with Crippen LogP contribution in [0.25, 0.3) is 0 Å². The van der Waals surface area contributed by atoms with Gasteiger partial charge in [0.15, 0.2) is 11.5 Å². The normalized spacial score (nSPS) is 9.88. The van der Waals surface area contributed by atoms with Gasteiger partial charge in [0, 0.05) is 5.46 Å². The predicted octanol–water partition coefficient (Wildman–Crippen LogP) is 0.0456. The van der Waals surface area contributed by atoms with Crippen molar-refractivity contribution in [2.45, 2.75) is 0 Å². The summed E-state index contributed by atoms with van der Waals surface area (Å²) in [6.07, 6.45) is 0. The lowest BCUT2D eigenvalue weighted by molar-refractivity contribution is 0.324. The molecule has 0 radical (unpaired) electrons. The topological polar surface area (TPSA) is 68.2 Å². The van der Waals surface area contributed by atoms with Crippen molar-refractivity contribution in [3.8, 4) is 17.2 Å². The first-order valence-corrected chi connectivity index (χ1v) is 4.79. The fraction of sp³-hybridized carbons (Fsp3) is 0.333. The van der Waals surface area contributed by atoms with Gasteiger partial charge in [-0.25, -0.2) is 0 Å². The maximum Gasteiger partial charge on any atom is 0.490 e. The zero-order valence-corrected chi connectivity index (χ0v) is 9.91. The minimum Gasteiger partial charge on any atom is -0.493 e. The summed E-state index contributed by atoms with van der Waals surface area (Å²) in [7, 11) is 2.56. The number of benzene rings is 1. The summed E-state index contributed by atoms with van der Waals surface area (Å²) in [4.78, 5) is 0. The summed E-state index contributed by atoms with van der Waals surface area (Å²) in [6, 6.07) is 1.38. The summed E-state index contributed by atoms with van der Waals surface area (Å²) in [5.41, 5.74) is 0.0937. The SMILES string of the molecule is COc1cc(B(O)O)c(Cl)c(OC)c1OC. The number of hydrogen-bond acceptors (Lipinski definition) is 5. The first kappa shape index (κ1) is 13.0. The van der Waals surface area contributed by atoms with Gasteiger partial charge in [0.1, 0.15) is 0 Å². The minimum atomic E-state index is -1.71. The molecular formula is C9H12BClO5. The quantitative estimate of drug-likeness (QED) is 0.735. The number of ether oxygens (including phenoxy) is 3. The van der Waals surface area contributed by atoms with Gasteiger partial charge in [-0.15, -0.1) is 0 Å². The standard InChI is InChI=1S/C9H12BClO5/c1-14-6-4-5(10(12)13)7(11)9(16-3)8(6)15-2/h4,12-13H,1-3H3. The molecule has 0 spiro atoms. The van der Waals surface area contributed by atoms with Crippen LogP contribution in [0.5, 0.6) is 17.2 Å². The second-order valence-electron chi connectivity index (χ2n) is 2.92. The van der Waals surface area contributed by atoms with Crippen LogP contribution in [0.15, 0.2) is 6.07 Å². The predicted molar refractivity (Wildman–Crippen MR) is 60.9 cm³/mol. The molecule has 1 rings (SSSR count). The van der Waals surface area contributed by atoms with Crippen molar-refractivity contribution in [2.24, 2.45) is 0 Å². The first-order chi connectivity index (χ1) is 7.56. The lowest BCUT2D eigenvalue weighted by Crippen LogP contribution is -2.31. The maximum atomic E-state index is 9.13. The molecule has 16 heavy (non-hydrogen) atoms. The smallest absolute Gasteiger partial charge is 0.490 e. The summed E-state index contributed by atoms with van der Waals surface area (Å²) in [5.74, 6) is 0.817. The van der Waals surface area contributed by atoms with Gasteiger partial charge in [-0.1, -0.05) is 11.6 Å². The van der Waals surface area contributed by atoms with Crippen LogP contribution in [0.2, 0.25) is 5.02 Å². The van der Waals surface area contributed by atoms with Gasteiger partial charge in [0.25, 0.3) is 0 Å². The zero-order chi connectivity index (χ0) is 12.3. The van der Waals surface area contributed by atoms with Crippen molar-refractivity contribution in [2.75, 3.05) is 21.3 Å². The van der Waals surface area contributed by atoms with E-state index in [1.165, 1.54) is 27.4 Å². The third-order valence-electron chi connectivity index (χ3n) is 2.08. The first-order valence-electron chi connectivity index (χ1n) is 4.41. The molecule has 0 saturated heterocycles. The van der Waals surface area contributed by atoms with Crippen LogP contribution >= 0.6 is 11.6 Å². The highest BCUT2D eigenvalue weighted by Gasteiger charge is 2.25. The Morgan fingerprint density at radius 1 is 1.06 bits per heavy atom. The Morgan fingerprint density at radius 2 is 1.62 bits per heavy atom. The fourth-order valence-electron chi connectivity index (χ4n) is 1.33. The van der Waals surface area contributed by atoms with Crippen molar-refractivity contribution < 1.29 is 24.3 Å². The molecule has 0 aliphatic heterocycles. The van der Waals surface area contributed by atoms with Gasteiger partial charge >= 0.3 is 7.12 Å². The van der Waals surface area contributed by atoms with Crippen molar-refractivity contribution >= 4 is 24.2 Å². The lowest BCUT2D eigenvalue weighted by atomic mass is 9.80. The molecule has 0 aliphatic carbocycles. The molecule has 1 aromatic carbocycles. The van der Waals surface area contributed by atoms with Gasteiger partial charge in [-0.05, 0) is 6.07 Å². The summed E-state index contributed by atoms with van der Waals surface area (Å²) < 4.78 is 15.2. The molecule has 0 unspecified atom stereocenters. The lowest BCUT2D eigenvalue weighted by Gasteiger charge is -2.16. The van der Waals surface area contributed by atoms with Gasteiger partial charge in [-0.3, -0.25) is 0 Å². The molecule has 0 heterocycles. The van der Waals surface area contributed by atoms with E-state index in [2.05, 4.69) is 0 Å². The van der Waals surface area contributed by atoms with Crippen LogP contribution in [0.1, 0.15) is 0 Å². The van der Waals surface area contributed by atoms with Crippen molar-refractivity contribution in [1.29, 1.82) is 0 Å². The third-order valence-corrected chi connectivity index (χ3v) is 2.47. The maximum absolute atomic E-state index is 9.13. The number of halogens is 1. The van der Waals surface area contributed by atoms with Crippen molar-refractivity contribution in [3.63, 3.8) is 0 Å². The Morgan fingerprint density at radius 3 is 2.00 bits per heavy atom. The Bertz CT molecular complexity index is 383. The van der Waals surface area contributed by atoms with E-state index in [1.807, 2.05) is 0 Å². The van der Waals surface area contributed by atoms with Crippen LogP contribution in [-0.2, 0) is 0 Å². The van der Waals surface area contributed by atoms with E-state index in [-0.39, 0.29) is 16.2 Å². The minimum absolute atomic E-state index is 0.0788. The summed E-state index contributed by atoms with van der Waals surface area (Å²) in [5, 5.41) is 18.3. The van der Waals surface area contributed by atoms with Gasteiger partial charge in [-0.2, -0.15) is 0 Å². The van der Waals surface area contributed by atoms with E-state index in [9.17, 15) is 0 Å². The number of hydrogen-bond donors (Lipinski definition) is 2. The molecule has 0 aromatic heterocycles. The van der Waals surface area contributed by atoms with E-state index in [1.54, 1.807) is 0 Å². The van der Waals surface area contributed by atoms with E-state index in [0.29, 0.717) is 11.5 Å². The van der Waals surface area contributed by atoms with Crippen LogP contribution < -0.4 is 19.7 Å². The Balaban J connectivity index is 3.48. The molecule has 0 fully saturated rings. The van der Waals surface area contributed by atoms with E-state index >= 15 is 0 Å². The summed E-state index contributed by atoms with van der Waals surface area (Å²) >= 11 is 5.94. The van der Waals surface area contributed by atoms with E-state index in [0.717, 1.165) is 0 Å². The second-order valence-corrected chi connectivity index (χ2v) is 3.30. The molecule has 0 atom stereocenters. The highest BCUT2D eigenvalue weighted by molar-refractivity contribution is 6.63. The van der Waals surface area contributed by atoms with Crippen molar-refractivity contribution in [3.05, 3.63) is 11.1 Å². The number of rotatable bonds is 4. The molecule has 0 amide bonds. The number of methoxy groups -OCH3 is 3. The fourth-order valence-corrected chi connectivity index (χ4v) is 1.64. The van der Waals surface area contributed by atoms with Crippen LogP contribution in [-0.4, -0.2) is 38.5 Å². The molecular weight excluding hydrogens is 234 g/mol. The average molecular weight is 246 g/mol. The van der Waals surface area contributed by atoms with Crippen LogP contribution in [0.3, 0.4) is 0 Å². The highest BCUT2D eigenvalue weighted by Crippen LogP contribution is 2.41. The molecule has 0 bridgehead atoms. The summed E-state index contributed by atoms with van der Waals surface area (Å²) in [6.45, 7) is 0. The third kappa shape index (κ3) is 2.19. The average Bonchev–Trinajstić information content (AvgIpc) is 2.27. The molecule has 5 nitrogen and oxygen atoms in total. The van der Waals surface area contributed by atoms with E-state index in [4.69, 9.17) is 35.9 Å². The Kier molecular flexibility index (Phi) is 4.29. The zero-order valence-electron chi connectivity index (χ0n) is 9.15. The van der Waals surface area contributed by atoms with Gasteiger partial charge < -0.3 is 24.3 Å². The molecule has 0 saturated carbocycles. The van der Waals surface area contributed by atoms with Crippen LogP contribution in [0, 0.1) is 0 Å². The molecule has 88 valence electrons. The highest BCUT2D eigenvalue weighted by atomic mass is 35.5. The van der Waals surface area contributed by atoms with Crippen LogP contribution in [0.4, 0.5) is 0 Å². The monoisotopic (exact) mass is 246 g/mol. The van der Waals surface area contributed by atoms with E-state index < -0.39 is 7.12 Å². The molecule has 7 heteroatoms. The van der Waals surface area contributed by atoms with Gasteiger partial charge in [0.2, 0.25) is 5.75 Å². The molecule has 0 aliphatic rings. The van der Waals surface area contributed by atoms with Crippen molar-refractivity contribution in [1.82, 2.24) is 0 Å². The Hall–Kier alpha value is -1.11. The molecule has 2 N–H and O–H groups in total. The largest absolute Gasteiger partial charge is 0.493 e. The van der Waals surface area contributed by atoms with Gasteiger partial charge in [0.05, 0.1) is 26.4 Å².